The molecule has 1 aromatic carbocycles. The Hall–Kier alpha value is -0.780. The topological polar surface area (TPSA) is 50.4 Å². The fraction of sp³-hybridized carbons (Fsp3) is 0.462. The summed E-state index contributed by atoms with van der Waals surface area (Å²) >= 11 is 3.45. The van der Waals surface area contributed by atoms with Gasteiger partial charge >= 0.3 is 0 Å². The summed E-state index contributed by atoms with van der Waals surface area (Å²) in [6.45, 7) is 3.55. The van der Waals surface area contributed by atoms with E-state index in [0.717, 1.165) is 28.9 Å². The molecule has 1 aliphatic rings. The summed E-state index contributed by atoms with van der Waals surface area (Å²) in [5.41, 5.74) is 1.06. The first kappa shape index (κ1) is 16.3. The van der Waals surface area contributed by atoms with Gasteiger partial charge in [0.15, 0.2) is 0 Å². The van der Waals surface area contributed by atoms with Gasteiger partial charge < -0.3 is 15.4 Å². The highest BCUT2D eigenvalue weighted by Crippen LogP contribution is 2.28. The molecule has 19 heavy (non-hydrogen) atoms. The van der Waals surface area contributed by atoms with Crippen molar-refractivity contribution < 1.29 is 9.53 Å². The number of halogens is 2. The van der Waals surface area contributed by atoms with E-state index < -0.39 is 0 Å². The minimum Gasteiger partial charge on any atom is -0.496 e. The first-order valence-electron chi connectivity index (χ1n) is 5.96. The molecule has 1 heterocycles. The number of carbonyl (C=O) groups excluding carboxylic acids is 1. The van der Waals surface area contributed by atoms with Crippen molar-refractivity contribution in [2.45, 2.75) is 13.0 Å². The summed E-state index contributed by atoms with van der Waals surface area (Å²) in [5, 5.41) is 6.12. The van der Waals surface area contributed by atoms with Crippen LogP contribution in [-0.4, -0.2) is 26.1 Å². The van der Waals surface area contributed by atoms with Gasteiger partial charge in [-0.3, -0.25) is 4.79 Å². The molecule has 106 valence electrons. The van der Waals surface area contributed by atoms with Gasteiger partial charge in [-0.1, -0.05) is 6.07 Å². The normalized spacial score (nSPS) is 15.9. The third kappa shape index (κ3) is 3.84. The second-order valence-corrected chi connectivity index (χ2v) is 5.33. The second kappa shape index (κ2) is 7.12. The summed E-state index contributed by atoms with van der Waals surface area (Å²) in [4.78, 5) is 11.8. The first-order chi connectivity index (χ1) is 8.61. The molecular formula is C13H18BrClN2O2. The van der Waals surface area contributed by atoms with Gasteiger partial charge in [0.2, 0.25) is 5.91 Å². The van der Waals surface area contributed by atoms with E-state index in [1.165, 1.54) is 0 Å². The maximum absolute atomic E-state index is 11.8. The van der Waals surface area contributed by atoms with Crippen LogP contribution >= 0.6 is 28.3 Å². The Labute approximate surface area is 127 Å². The molecule has 2 rings (SSSR count). The summed E-state index contributed by atoms with van der Waals surface area (Å²) in [6, 6.07) is 5.84. The fourth-order valence-electron chi connectivity index (χ4n) is 1.84. The van der Waals surface area contributed by atoms with Crippen molar-refractivity contribution in [2.75, 3.05) is 20.2 Å². The Morgan fingerprint density at radius 1 is 1.53 bits per heavy atom. The van der Waals surface area contributed by atoms with Gasteiger partial charge in [0, 0.05) is 13.1 Å². The predicted octanol–water partition coefficient (Wildman–Crippen LogP) is 2.28. The molecule has 1 amide bonds. The van der Waals surface area contributed by atoms with Crippen LogP contribution in [0.5, 0.6) is 5.75 Å². The van der Waals surface area contributed by atoms with Crippen LogP contribution in [0.1, 0.15) is 18.5 Å². The highest BCUT2D eigenvalue weighted by molar-refractivity contribution is 9.10. The molecule has 0 radical (unpaired) electrons. The zero-order valence-electron chi connectivity index (χ0n) is 10.9. The van der Waals surface area contributed by atoms with Gasteiger partial charge in [-0.25, -0.2) is 0 Å². The van der Waals surface area contributed by atoms with Crippen molar-refractivity contribution in [1.82, 2.24) is 10.6 Å². The largest absolute Gasteiger partial charge is 0.496 e. The second-order valence-electron chi connectivity index (χ2n) is 4.48. The van der Waals surface area contributed by atoms with Gasteiger partial charge in [0.1, 0.15) is 5.75 Å². The summed E-state index contributed by atoms with van der Waals surface area (Å²) < 4.78 is 6.08. The quantitative estimate of drug-likeness (QED) is 0.877. The van der Waals surface area contributed by atoms with Crippen molar-refractivity contribution in [3.05, 3.63) is 28.2 Å². The number of hydrogen-bond donors (Lipinski definition) is 2. The lowest BCUT2D eigenvalue weighted by Crippen LogP contribution is -2.51. The van der Waals surface area contributed by atoms with E-state index in [2.05, 4.69) is 26.6 Å². The fourth-order valence-corrected chi connectivity index (χ4v) is 2.40. The molecule has 6 heteroatoms. The van der Waals surface area contributed by atoms with E-state index in [-0.39, 0.29) is 30.3 Å². The van der Waals surface area contributed by atoms with Crippen LogP contribution in [-0.2, 0) is 4.79 Å². The minimum atomic E-state index is 0. The predicted molar refractivity (Wildman–Crippen MR) is 80.9 cm³/mol. The van der Waals surface area contributed by atoms with Crippen LogP contribution < -0.4 is 15.4 Å². The van der Waals surface area contributed by atoms with Crippen molar-refractivity contribution in [3.63, 3.8) is 0 Å². The van der Waals surface area contributed by atoms with Crippen molar-refractivity contribution >= 4 is 34.2 Å². The van der Waals surface area contributed by atoms with Crippen molar-refractivity contribution in [2.24, 2.45) is 5.92 Å². The Bertz CT molecular complexity index is 452. The molecule has 1 unspecified atom stereocenters. The zero-order chi connectivity index (χ0) is 13.1. The van der Waals surface area contributed by atoms with E-state index in [1.54, 1.807) is 7.11 Å². The van der Waals surface area contributed by atoms with Crippen LogP contribution in [0.25, 0.3) is 0 Å². The smallest absolute Gasteiger partial charge is 0.226 e. The molecule has 1 atom stereocenters. The van der Waals surface area contributed by atoms with Crippen LogP contribution in [0.15, 0.2) is 22.7 Å². The minimum absolute atomic E-state index is 0. The van der Waals surface area contributed by atoms with Crippen LogP contribution in [0.2, 0.25) is 0 Å². The number of amides is 1. The standard InChI is InChI=1S/C13H17BrN2O2.ClH/c1-8(16-13(17)10-6-15-7-10)9-3-4-12(18-2)11(14)5-9;/h3-5,8,10,15H,6-7H2,1-2H3,(H,16,17);1H. The molecule has 0 aromatic heterocycles. The Kier molecular flexibility index (Phi) is 6.10. The van der Waals surface area contributed by atoms with E-state index in [4.69, 9.17) is 4.74 Å². The average Bonchev–Trinajstić information content (AvgIpc) is 2.26. The van der Waals surface area contributed by atoms with Gasteiger partial charge in [0.05, 0.1) is 23.5 Å². The Morgan fingerprint density at radius 2 is 2.21 bits per heavy atom. The molecular weight excluding hydrogens is 332 g/mol. The molecule has 0 spiro atoms. The van der Waals surface area contributed by atoms with Crippen LogP contribution in [0.4, 0.5) is 0 Å². The van der Waals surface area contributed by atoms with E-state index in [9.17, 15) is 4.79 Å². The molecule has 0 aliphatic carbocycles. The Balaban J connectivity index is 0.00000180. The maximum Gasteiger partial charge on any atom is 0.226 e. The number of methoxy groups -OCH3 is 1. The summed E-state index contributed by atoms with van der Waals surface area (Å²) in [7, 11) is 1.63. The van der Waals surface area contributed by atoms with E-state index in [0.29, 0.717) is 0 Å². The highest BCUT2D eigenvalue weighted by atomic mass is 79.9. The highest BCUT2D eigenvalue weighted by Gasteiger charge is 2.25. The molecule has 0 saturated carbocycles. The zero-order valence-corrected chi connectivity index (χ0v) is 13.3. The molecule has 1 saturated heterocycles. The lowest BCUT2D eigenvalue weighted by molar-refractivity contribution is -0.127. The van der Waals surface area contributed by atoms with Crippen molar-refractivity contribution in [3.8, 4) is 5.75 Å². The number of benzene rings is 1. The molecule has 2 N–H and O–H groups in total. The number of ether oxygens (including phenoxy) is 1. The number of rotatable bonds is 4. The third-order valence-electron chi connectivity index (χ3n) is 3.19. The lowest BCUT2D eigenvalue weighted by atomic mass is 10.0. The van der Waals surface area contributed by atoms with Gasteiger partial charge in [-0.05, 0) is 40.5 Å². The third-order valence-corrected chi connectivity index (χ3v) is 3.81. The molecule has 4 nitrogen and oxygen atoms in total. The van der Waals surface area contributed by atoms with E-state index in [1.807, 2.05) is 25.1 Å². The first-order valence-corrected chi connectivity index (χ1v) is 6.75. The van der Waals surface area contributed by atoms with Gasteiger partial charge in [0.25, 0.3) is 0 Å². The number of nitrogens with one attached hydrogen (secondary N) is 2. The van der Waals surface area contributed by atoms with Gasteiger partial charge in [-0.2, -0.15) is 0 Å². The van der Waals surface area contributed by atoms with E-state index >= 15 is 0 Å². The van der Waals surface area contributed by atoms with Gasteiger partial charge in [-0.15, -0.1) is 12.4 Å². The summed E-state index contributed by atoms with van der Waals surface area (Å²) in [5.74, 6) is 1.03. The monoisotopic (exact) mass is 348 g/mol. The number of carbonyl (C=O) groups is 1. The van der Waals surface area contributed by atoms with Crippen LogP contribution in [0.3, 0.4) is 0 Å². The molecule has 1 aliphatic heterocycles. The Morgan fingerprint density at radius 3 is 2.68 bits per heavy atom. The van der Waals surface area contributed by atoms with Crippen molar-refractivity contribution in [1.29, 1.82) is 0 Å². The molecule has 1 aromatic rings. The SMILES string of the molecule is COc1ccc(C(C)NC(=O)C2CNC2)cc1Br.Cl. The van der Waals surface area contributed by atoms with Crippen LogP contribution in [0, 0.1) is 5.92 Å². The maximum atomic E-state index is 11.8. The lowest BCUT2D eigenvalue weighted by Gasteiger charge is -2.27. The molecule has 1 fully saturated rings. The average molecular weight is 350 g/mol. The summed E-state index contributed by atoms with van der Waals surface area (Å²) in [6.07, 6.45) is 0. The number of hydrogen-bond acceptors (Lipinski definition) is 3. The molecule has 0 bridgehead atoms.